The minimum absolute atomic E-state index is 0. The van der Waals surface area contributed by atoms with Crippen molar-refractivity contribution >= 4 is 5.91 Å². The van der Waals surface area contributed by atoms with Gasteiger partial charge in [-0.15, -0.1) is 0 Å². The fraction of sp³-hybridized carbons (Fsp3) is 0.842. The average molecular weight is 327 g/mol. The van der Waals surface area contributed by atoms with Gasteiger partial charge < -0.3 is 15.8 Å². The molecule has 0 aromatic rings. The van der Waals surface area contributed by atoms with Gasteiger partial charge in [-0.1, -0.05) is 58.6 Å². The first kappa shape index (κ1) is 22.1. The van der Waals surface area contributed by atoms with E-state index in [9.17, 15) is 4.79 Å². The Morgan fingerprint density at radius 2 is 1.87 bits per heavy atom. The van der Waals surface area contributed by atoms with E-state index in [1.807, 2.05) is 6.08 Å². The summed E-state index contributed by atoms with van der Waals surface area (Å²) in [5, 5.41) is 2.95. The van der Waals surface area contributed by atoms with E-state index in [2.05, 4.69) is 18.3 Å². The van der Waals surface area contributed by atoms with Gasteiger partial charge in [0.05, 0.1) is 12.2 Å². The highest BCUT2D eigenvalue weighted by atomic mass is 16.6. The zero-order valence-corrected chi connectivity index (χ0v) is 14.2. The summed E-state index contributed by atoms with van der Waals surface area (Å²) in [6, 6.07) is 0. The van der Waals surface area contributed by atoms with E-state index in [4.69, 9.17) is 10.5 Å². The number of ether oxygens (including phenoxy) is 1. The van der Waals surface area contributed by atoms with Crippen molar-refractivity contribution < 1.29 is 9.53 Å². The summed E-state index contributed by atoms with van der Waals surface area (Å²) in [6.45, 7) is 3.77. The van der Waals surface area contributed by atoms with Gasteiger partial charge in [-0.25, -0.2) is 0 Å². The molecule has 0 aromatic heterocycles. The van der Waals surface area contributed by atoms with Gasteiger partial charge in [-0.2, -0.15) is 0 Å². The van der Waals surface area contributed by atoms with Crippen molar-refractivity contribution in [1.82, 2.24) is 5.32 Å². The second-order valence-corrected chi connectivity index (χ2v) is 6.17. The Morgan fingerprint density at radius 1 is 1.09 bits per heavy atom. The fourth-order valence-electron chi connectivity index (χ4n) is 2.58. The van der Waals surface area contributed by atoms with E-state index in [1.165, 1.54) is 25.7 Å². The van der Waals surface area contributed by atoms with E-state index in [-0.39, 0.29) is 13.3 Å². The van der Waals surface area contributed by atoms with Crippen LogP contribution in [0.3, 0.4) is 0 Å². The molecule has 136 valence electrons. The lowest BCUT2D eigenvalue weighted by atomic mass is 10.1. The maximum Gasteiger partial charge on any atom is 0.223 e. The number of unbranched alkanes of at least 4 members (excludes halogenated alkanes) is 5. The van der Waals surface area contributed by atoms with Gasteiger partial charge in [0.2, 0.25) is 5.91 Å². The molecular formula is C19H38N2O2. The van der Waals surface area contributed by atoms with Crippen molar-refractivity contribution in [3.05, 3.63) is 12.2 Å². The zero-order chi connectivity index (χ0) is 16.0. The maximum atomic E-state index is 11.6. The first-order valence-corrected chi connectivity index (χ1v) is 9.05. The van der Waals surface area contributed by atoms with Crippen molar-refractivity contribution in [2.45, 2.75) is 90.8 Å². The minimum atomic E-state index is 0. The molecule has 0 aliphatic carbocycles. The molecule has 1 aliphatic heterocycles. The third kappa shape index (κ3) is 12.2. The molecule has 4 nitrogen and oxygen atoms in total. The second-order valence-electron chi connectivity index (χ2n) is 6.17. The van der Waals surface area contributed by atoms with Crippen molar-refractivity contribution in [3.8, 4) is 0 Å². The Kier molecular flexibility index (Phi) is 14.1. The summed E-state index contributed by atoms with van der Waals surface area (Å²) in [6.07, 6.45) is 15.8. The molecule has 23 heavy (non-hydrogen) atoms. The SMILES string of the molecule is C.CCCCCC1OC1C/C=C/CC(=O)NCCCCCCN. The molecule has 1 saturated heterocycles. The minimum Gasteiger partial charge on any atom is -0.369 e. The summed E-state index contributed by atoms with van der Waals surface area (Å²) in [4.78, 5) is 11.6. The van der Waals surface area contributed by atoms with Crippen LogP contribution >= 0.6 is 0 Å². The molecule has 0 aromatic carbocycles. The molecular weight excluding hydrogens is 288 g/mol. The zero-order valence-electron chi connectivity index (χ0n) is 14.2. The van der Waals surface area contributed by atoms with Crippen molar-refractivity contribution in [2.75, 3.05) is 13.1 Å². The third-order valence-electron chi connectivity index (χ3n) is 4.07. The molecule has 0 radical (unpaired) electrons. The molecule has 0 saturated carbocycles. The average Bonchev–Trinajstić information content (AvgIpc) is 3.26. The van der Waals surface area contributed by atoms with Gasteiger partial charge in [0, 0.05) is 13.0 Å². The van der Waals surface area contributed by atoms with E-state index >= 15 is 0 Å². The van der Waals surface area contributed by atoms with Crippen LogP contribution < -0.4 is 11.1 Å². The maximum absolute atomic E-state index is 11.6. The fourth-order valence-corrected chi connectivity index (χ4v) is 2.58. The first-order valence-electron chi connectivity index (χ1n) is 9.05. The van der Waals surface area contributed by atoms with Gasteiger partial charge in [-0.3, -0.25) is 4.79 Å². The largest absolute Gasteiger partial charge is 0.369 e. The number of carbonyl (C=O) groups excluding carboxylic acids is 1. The van der Waals surface area contributed by atoms with Gasteiger partial charge in [-0.05, 0) is 32.2 Å². The van der Waals surface area contributed by atoms with Crippen LogP contribution in [0.5, 0.6) is 0 Å². The van der Waals surface area contributed by atoms with Crippen molar-refractivity contribution in [3.63, 3.8) is 0 Å². The number of rotatable bonds is 14. The van der Waals surface area contributed by atoms with Crippen LogP contribution in [0.4, 0.5) is 0 Å². The van der Waals surface area contributed by atoms with Crippen LogP contribution in [-0.4, -0.2) is 31.2 Å². The Balaban J connectivity index is 0.00000484. The van der Waals surface area contributed by atoms with Gasteiger partial charge >= 0.3 is 0 Å². The quantitative estimate of drug-likeness (QED) is 0.288. The van der Waals surface area contributed by atoms with E-state index < -0.39 is 0 Å². The first-order chi connectivity index (χ1) is 10.8. The number of epoxide rings is 1. The van der Waals surface area contributed by atoms with Gasteiger partial charge in [0.15, 0.2) is 0 Å². The molecule has 0 spiro atoms. The van der Waals surface area contributed by atoms with Crippen molar-refractivity contribution in [2.24, 2.45) is 5.73 Å². The number of hydrogen-bond acceptors (Lipinski definition) is 3. The highest BCUT2D eigenvalue weighted by Crippen LogP contribution is 2.30. The summed E-state index contributed by atoms with van der Waals surface area (Å²) < 4.78 is 5.62. The molecule has 1 heterocycles. The van der Waals surface area contributed by atoms with Crippen LogP contribution in [0, 0.1) is 0 Å². The molecule has 2 atom stereocenters. The van der Waals surface area contributed by atoms with Crippen LogP contribution in [0.1, 0.15) is 78.6 Å². The van der Waals surface area contributed by atoms with Crippen LogP contribution in [0.2, 0.25) is 0 Å². The topological polar surface area (TPSA) is 67.7 Å². The predicted molar refractivity (Wildman–Crippen MR) is 98.4 cm³/mol. The number of nitrogens with two attached hydrogens (primary N) is 1. The Morgan fingerprint density at radius 3 is 2.61 bits per heavy atom. The number of carbonyl (C=O) groups is 1. The summed E-state index contributed by atoms with van der Waals surface area (Å²) in [7, 11) is 0. The van der Waals surface area contributed by atoms with Crippen LogP contribution in [-0.2, 0) is 9.53 Å². The monoisotopic (exact) mass is 326 g/mol. The highest BCUT2D eigenvalue weighted by Gasteiger charge is 2.36. The number of amides is 1. The summed E-state index contributed by atoms with van der Waals surface area (Å²) >= 11 is 0. The normalized spacial score (nSPS) is 19.6. The smallest absolute Gasteiger partial charge is 0.223 e. The van der Waals surface area contributed by atoms with Crippen LogP contribution in [0.25, 0.3) is 0 Å². The van der Waals surface area contributed by atoms with Gasteiger partial charge in [0.1, 0.15) is 0 Å². The van der Waals surface area contributed by atoms with E-state index in [0.717, 1.165) is 45.2 Å². The summed E-state index contributed by atoms with van der Waals surface area (Å²) in [5.74, 6) is 0.117. The molecule has 1 fully saturated rings. The molecule has 1 aliphatic rings. The van der Waals surface area contributed by atoms with E-state index in [0.29, 0.717) is 18.6 Å². The Bertz CT molecular complexity index is 318. The standard InChI is InChI=1S/C18H34N2O2.CH4/c1-2-3-6-11-16-17(22-16)12-7-8-13-18(21)20-15-10-5-4-9-14-19;/h7-8,16-17H,2-6,9-15,19H2,1H3,(H,20,21);1H4/b8-7+;. The van der Waals surface area contributed by atoms with Gasteiger partial charge in [0.25, 0.3) is 0 Å². The highest BCUT2D eigenvalue weighted by molar-refractivity contribution is 5.77. The third-order valence-corrected chi connectivity index (χ3v) is 4.07. The molecule has 3 N–H and O–H groups in total. The lowest BCUT2D eigenvalue weighted by Crippen LogP contribution is -2.23. The Hall–Kier alpha value is -0.870. The van der Waals surface area contributed by atoms with Crippen molar-refractivity contribution in [1.29, 1.82) is 0 Å². The number of hydrogen-bond donors (Lipinski definition) is 2. The van der Waals surface area contributed by atoms with Crippen LogP contribution in [0.15, 0.2) is 12.2 Å². The second kappa shape index (κ2) is 14.7. The lowest BCUT2D eigenvalue weighted by molar-refractivity contribution is -0.120. The molecule has 1 amide bonds. The lowest BCUT2D eigenvalue weighted by Gasteiger charge is -2.03. The Labute approximate surface area is 143 Å². The molecule has 1 rings (SSSR count). The molecule has 2 unspecified atom stereocenters. The summed E-state index contributed by atoms with van der Waals surface area (Å²) in [5.41, 5.74) is 5.44. The van der Waals surface area contributed by atoms with E-state index in [1.54, 1.807) is 0 Å². The molecule has 4 heteroatoms. The number of nitrogens with one attached hydrogen (secondary N) is 1. The predicted octanol–water partition coefficient (Wildman–Crippen LogP) is 3.94. The molecule has 0 bridgehead atoms.